The lowest BCUT2D eigenvalue weighted by molar-refractivity contribution is -0.384. The highest BCUT2D eigenvalue weighted by Crippen LogP contribution is 2.15. The van der Waals surface area contributed by atoms with E-state index in [-0.39, 0.29) is 18.0 Å². The van der Waals surface area contributed by atoms with Gasteiger partial charge in [-0.2, -0.15) is 0 Å². The number of rotatable bonds is 4. The number of carbonyl (C=O) groups is 2. The Morgan fingerprint density at radius 1 is 1.56 bits per heavy atom. The summed E-state index contributed by atoms with van der Waals surface area (Å²) >= 11 is 0. The molecule has 0 aromatic carbocycles. The third kappa shape index (κ3) is 2.25. The highest BCUT2D eigenvalue weighted by molar-refractivity contribution is 6.40. The number of ether oxygens (including phenoxy) is 1. The molecule has 7 heteroatoms. The molecule has 0 aliphatic heterocycles. The molecule has 7 nitrogen and oxygen atoms in total. The molecule has 0 radical (unpaired) electrons. The van der Waals surface area contributed by atoms with E-state index in [0.29, 0.717) is 0 Å². The molecule has 0 N–H and O–H groups in total. The second kappa shape index (κ2) is 4.56. The van der Waals surface area contributed by atoms with Crippen molar-refractivity contribution >= 4 is 17.4 Å². The minimum absolute atomic E-state index is 0.0647. The Bertz CT molecular complexity index is 449. The monoisotopic (exact) mass is 226 g/mol. The maximum Gasteiger partial charge on any atom is 0.381 e. The van der Waals surface area contributed by atoms with Crippen LogP contribution in [0, 0.1) is 10.1 Å². The van der Waals surface area contributed by atoms with E-state index >= 15 is 0 Å². The normalized spacial score (nSPS) is 9.88. The minimum atomic E-state index is -1.02. The molecule has 0 saturated heterocycles. The van der Waals surface area contributed by atoms with Gasteiger partial charge in [0.2, 0.25) is 0 Å². The lowest BCUT2D eigenvalue weighted by atomic mass is 10.3. The summed E-state index contributed by atoms with van der Waals surface area (Å²) in [6.45, 7) is 1.65. The largest absolute Gasteiger partial charge is 0.460 e. The number of nitro groups is 1. The fraction of sp³-hybridized carbons (Fsp3) is 0.333. The van der Waals surface area contributed by atoms with Gasteiger partial charge in [-0.05, 0) is 6.92 Å². The molecule has 0 atom stereocenters. The quantitative estimate of drug-likeness (QED) is 0.247. The molecule has 1 heterocycles. The topological polar surface area (TPSA) is 91.4 Å². The molecule has 86 valence electrons. The van der Waals surface area contributed by atoms with Gasteiger partial charge in [-0.15, -0.1) is 0 Å². The first-order valence-corrected chi connectivity index (χ1v) is 4.49. The van der Waals surface area contributed by atoms with Gasteiger partial charge in [0.25, 0.3) is 11.5 Å². The van der Waals surface area contributed by atoms with Crippen LogP contribution in [0.5, 0.6) is 0 Å². The molecule has 0 bridgehead atoms. The summed E-state index contributed by atoms with van der Waals surface area (Å²) < 4.78 is 5.73. The van der Waals surface area contributed by atoms with Gasteiger partial charge in [0.1, 0.15) is 5.69 Å². The highest BCUT2D eigenvalue weighted by Gasteiger charge is 2.24. The van der Waals surface area contributed by atoms with Gasteiger partial charge in [0, 0.05) is 13.1 Å². The Hall–Kier alpha value is -2.18. The Kier molecular flexibility index (Phi) is 3.39. The third-order valence-corrected chi connectivity index (χ3v) is 1.89. The number of ketones is 1. The van der Waals surface area contributed by atoms with Crippen LogP contribution in [0.15, 0.2) is 12.3 Å². The number of carbonyl (C=O) groups excluding carboxylic acids is 2. The molecule has 16 heavy (non-hydrogen) atoms. The summed E-state index contributed by atoms with van der Waals surface area (Å²) in [5.41, 5.74) is -0.305. The van der Waals surface area contributed by atoms with Crippen molar-refractivity contribution in [1.82, 2.24) is 4.57 Å². The summed E-state index contributed by atoms with van der Waals surface area (Å²) in [4.78, 5) is 32.4. The molecule has 0 spiro atoms. The van der Waals surface area contributed by atoms with Gasteiger partial charge < -0.3 is 9.30 Å². The van der Waals surface area contributed by atoms with Crippen LogP contribution in [0.3, 0.4) is 0 Å². The van der Waals surface area contributed by atoms with Crippen LogP contribution in [0.25, 0.3) is 0 Å². The van der Waals surface area contributed by atoms with Crippen molar-refractivity contribution in [3.8, 4) is 0 Å². The summed E-state index contributed by atoms with van der Waals surface area (Å²) in [7, 11) is 1.44. The number of hydrogen-bond acceptors (Lipinski definition) is 5. The predicted octanol–water partition coefficient (Wildman–Crippen LogP) is 0.679. The molecule has 0 amide bonds. The molecule has 0 fully saturated rings. The van der Waals surface area contributed by atoms with Crippen molar-refractivity contribution in [2.45, 2.75) is 6.92 Å². The zero-order chi connectivity index (χ0) is 12.3. The molecule has 0 saturated carbocycles. The van der Waals surface area contributed by atoms with Gasteiger partial charge in [0.15, 0.2) is 0 Å². The van der Waals surface area contributed by atoms with Crippen molar-refractivity contribution < 1.29 is 19.2 Å². The van der Waals surface area contributed by atoms with Crippen molar-refractivity contribution in [3.63, 3.8) is 0 Å². The second-order valence-corrected chi connectivity index (χ2v) is 3.00. The first kappa shape index (κ1) is 11.9. The smallest absolute Gasteiger partial charge is 0.381 e. The van der Waals surface area contributed by atoms with Crippen LogP contribution < -0.4 is 0 Å². The van der Waals surface area contributed by atoms with Crippen molar-refractivity contribution in [2.75, 3.05) is 6.61 Å². The molecule has 0 aliphatic carbocycles. The Morgan fingerprint density at radius 3 is 2.62 bits per heavy atom. The second-order valence-electron chi connectivity index (χ2n) is 3.00. The average Bonchev–Trinajstić information content (AvgIpc) is 2.60. The van der Waals surface area contributed by atoms with E-state index in [4.69, 9.17) is 0 Å². The predicted molar refractivity (Wildman–Crippen MR) is 53.0 cm³/mol. The number of esters is 1. The van der Waals surface area contributed by atoms with E-state index in [0.717, 1.165) is 12.3 Å². The summed E-state index contributed by atoms with van der Waals surface area (Å²) in [5.74, 6) is -1.91. The van der Waals surface area contributed by atoms with Crippen LogP contribution in [0.1, 0.15) is 17.4 Å². The number of nitrogens with zero attached hydrogens (tertiary/aromatic N) is 2. The summed E-state index contributed by atoms with van der Waals surface area (Å²) in [6.07, 6.45) is 1.16. The van der Waals surface area contributed by atoms with Crippen LogP contribution in [-0.2, 0) is 16.6 Å². The van der Waals surface area contributed by atoms with Gasteiger partial charge >= 0.3 is 5.97 Å². The molecular weight excluding hydrogens is 216 g/mol. The molecule has 0 unspecified atom stereocenters. The molecule has 1 aromatic heterocycles. The molecule has 1 rings (SSSR count). The van der Waals surface area contributed by atoms with E-state index in [9.17, 15) is 19.7 Å². The maximum absolute atomic E-state index is 11.5. The number of aryl methyl sites for hydroxylation is 1. The van der Waals surface area contributed by atoms with E-state index in [1.807, 2.05) is 0 Å². The SMILES string of the molecule is CCOC(=O)C(=O)c1cc([N+](=O)[O-])cn1C. The lowest BCUT2D eigenvalue weighted by Gasteiger charge is -2.00. The fourth-order valence-corrected chi connectivity index (χ4v) is 1.17. The standard InChI is InChI=1S/C9H10N2O5/c1-3-16-9(13)8(12)7-4-6(11(14)15)5-10(7)2/h4-5H,3H2,1-2H3. The lowest BCUT2D eigenvalue weighted by Crippen LogP contribution is -2.19. The fourth-order valence-electron chi connectivity index (χ4n) is 1.17. The number of hydrogen-bond donors (Lipinski definition) is 0. The Balaban J connectivity index is 3.00. The van der Waals surface area contributed by atoms with Gasteiger partial charge in [-0.25, -0.2) is 4.79 Å². The van der Waals surface area contributed by atoms with Gasteiger partial charge in [-0.1, -0.05) is 0 Å². The average molecular weight is 226 g/mol. The van der Waals surface area contributed by atoms with Crippen molar-refractivity contribution in [3.05, 3.63) is 28.1 Å². The maximum atomic E-state index is 11.5. The van der Waals surface area contributed by atoms with E-state index in [1.165, 1.54) is 11.6 Å². The van der Waals surface area contributed by atoms with E-state index in [2.05, 4.69) is 4.74 Å². The highest BCUT2D eigenvalue weighted by atomic mass is 16.6. The zero-order valence-electron chi connectivity index (χ0n) is 8.80. The molecular formula is C9H10N2O5. The van der Waals surface area contributed by atoms with Gasteiger partial charge in [0.05, 0.1) is 17.7 Å². The first-order chi connectivity index (χ1) is 7.47. The summed E-state index contributed by atoms with van der Waals surface area (Å²) in [5, 5.41) is 10.4. The van der Waals surface area contributed by atoms with E-state index in [1.54, 1.807) is 6.92 Å². The first-order valence-electron chi connectivity index (χ1n) is 4.49. The van der Waals surface area contributed by atoms with Gasteiger partial charge in [-0.3, -0.25) is 14.9 Å². The van der Waals surface area contributed by atoms with Crippen LogP contribution in [0.2, 0.25) is 0 Å². The molecule has 0 aliphatic rings. The Morgan fingerprint density at radius 2 is 2.19 bits per heavy atom. The van der Waals surface area contributed by atoms with E-state index < -0.39 is 16.7 Å². The summed E-state index contributed by atoms with van der Waals surface area (Å²) in [6, 6.07) is 1.04. The Labute approximate surface area is 90.8 Å². The minimum Gasteiger partial charge on any atom is -0.460 e. The van der Waals surface area contributed by atoms with Crippen LogP contribution in [-0.4, -0.2) is 27.8 Å². The number of aromatic nitrogens is 1. The van der Waals surface area contributed by atoms with Crippen molar-refractivity contribution in [1.29, 1.82) is 0 Å². The number of Topliss-reactive ketones (excluding diaryl/α,β-unsaturated/α-hetero) is 1. The third-order valence-electron chi connectivity index (χ3n) is 1.89. The van der Waals surface area contributed by atoms with Crippen LogP contribution >= 0.6 is 0 Å². The zero-order valence-corrected chi connectivity index (χ0v) is 8.80. The van der Waals surface area contributed by atoms with Crippen LogP contribution in [0.4, 0.5) is 5.69 Å². The molecule has 1 aromatic rings. The van der Waals surface area contributed by atoms with Crippen molar-refractivity contribution in [2.24, 2.45) is 7.05 Å².